The number of halogens is 1. The van der Waals surface area contributed by atoms with Gasteiger partial charge in [-0.05, 0) is 25.1 Å². The number of hydrogen-bond acceptors (Lipinski definition) is 7. The number of rotatable bonds is 7. The van der Waals surface area contributed by atoms with E-state index in [2.05, 4.69) is 15.8 Å². The van der Waals surface area contributed by atoms with Crippen LogP contribution in [0.4, 0.5) is 11.4 Å². The highest BCUT2D eigenvalue weighted by atomic mass is 35.5. The number of nitrogens with one attached hydrogen (secondary N) is 2. The van der Waals surface area contributed by atoms with Crippen molar-refractivity contribution in [2.24, 2.45) is 5.10 Å². The lowest BCUT2D eigenvalue weighted by molar-refractivity contribution is -0.134. The van der Waals surface area contributed by atoms with Gasteiger partial charge in [0.2, 0.25) is 5.71 Å². The van der Waals surface area contributed by atoms with Gasteiger partial charge in [0.05, 0.1) is 30.1 Å². The fourth-order valence-electron chi connectivity index (χ4n) is 2.12. The highest BCUT2D eigenvalue weighted by Gasteiger charge is 2.15. The first-order valence-corrected chi connectivity index (χ1v) is 8.52. The number of nitriles is 1. The van der Waals surface area contributed by atoms with E-state index in [0.29, 0.717) is 16.9 Å². The van der Waals surface area contributed by atoms with E-state index in [1.807, 2.05) is 0 Å². The zero-order valence-electron chi connectivity index (χ0n) is 15.2. The monoisotopic (exact) mass is 400 g/mol. The molecule has 0 radical (unpaired) electrons. The van der Waals surface area contributed by atoms with Crippen LogP contribution in [-0.4, -0.2) is 31.3 Å². The lowest BCUT2D eigenvalue weighted by Crippen LogP contribution is -2.17. The molecule has 0 saturated carbocycles. The summed E-state index contributed by atoms with van der Waals surface area (Å²) in [4.78, 5) is 23.9. The zero-order valence-corrected chi connectivity index (χ0v) is 15.9. The summed E-state index contributed by atoms with van der Waals surface area (Å²) in [6, 6.07) is 13.2. The lowest BCUT2D eigenvalue weighted by atomic mass is 10.2. The Balaban J connectivity index is 2.24. The van der Waals surface area contributed by atoms with Crippen LogP contribution in [0.5, 0.6) is 5.75 Å². The minimum absolute atomic E-state index is 0.116. The van der Waals surface area contributed by atoms with Gasteiger partial charge in [0, 0.05) is 11.6 Å². The van der Waals surface area contributed by atoms with Crippen molar-refractivity contribution in [1.82, 2.24) is 0 Å². The molecule has 0 spiro atoms. The minimum Gasteiger partial charge on any atom is -0.494 e. The molecule has 0 saturated heterocycles. The third kappa shape index (κ3) is 5.22. The van der Waals surface area contributed by atoms with Gasteiger partial charge in [-0.15, -0.1) is 0 Å². The van der Waals surface area contributed by atoms with Gasteiger partial charge in [0.1, 0.15) is 11.8 Å². The number of carbonyl (C=O) groups excluding carboxylic acids is 2. The van der Waals surface area contributed by atoms with Crippen LogP contribution in [0, 0.1) is 11.3 Å². The molecule has 0 bridgehead atoms. The van der Waals surface area contributed by atoms with Crippen LogP contribution in [-0.2, 0) is 9.53 Å². The molecule has 0 aliphatic carbocycles. The predicted molar refractivity (Wildman–Crippen MR) is 106 cm³/mol. The summed E-state index contributed by atoms with van der Waals surface area (Å²) in [6.45, 7) is 1.73. The summed E-state index contributed by atoms with van der Waals surface area (Å²) >= 11 is 6.24. The van der Waals surface area contributed by atoms with E-state index in [0.717, 1.165) is 0 Å². The molecular weight excluding hydrogens is 384 g/mol. The smallest absolute Gasteiger partial charge is 0.369 e. The molecule has 0 heterocycles. The predicted octanol–water partition coefficient (Wildman–Crippen LogP) is 3.46. The van der Waals surface area contributed by atoms with Gasteiger partial charge in [0.15, 0.2) is 0 Å². The summed E-state index contributed by atoms with van der Waals surface area (Å²) < 4.78 is 9.99. The zero-order chi connectivity index (χ0) is 20.5. The number of hydrazone groups is 1. The van der Waals surface area contributed by atoms with Gasteiger partial charge in [0.25, 0.3) is 5.91 Å². The molecule has 2 aromatic rings. The number of amides is 1. The first kappa shape index (κ1) is 20.7. The van der Waals surface area contributed by atoms with E-state index in [1.165, 1.54) is 19.2 Å². The van der Waals surface area contributed by atoms with Crippen LogP contribution < -0.4 is 15.5 Å². The second kappa shape index (κ2) is 9.94. The molecule has 9 heteroatoms. The summed E-state index contributed by atoms with van der Waals surface area (Å²) in [6.07, 6.45) is 0. The van der Waals surface area contributed by atoms with Gasteiger partial charge in [-0.3, -0.25) is 10.2 Å². The van der Waals surface area contributed by atoms with E-state index >= 15 is 0 Å². The number of carbonyl (C=O) groups is 2. The molecule has 2 rings (SSSR count). The fraction of sp³-hybridized carbons (Fsp3) is 0.158. The van der Waals surface area contributed by atoms with Gasteiger partial charge in [-0.25, -0.2) is 4.79 Å². The Kier molecular flexibility index (Phi) is 7.37. The largest absolute Gasteiger partial charge is 0.494 e. The third-order valence-electron chi connectivity index (χ3n) is 3.44. The summed E-state index contributed by atoms with van der Waals surface area (Å²) in [5.41, 5.74) is 3.18. The molecule has 0 unspecified atom stereocenters. The van der Waals surface area contributed by atoms with Crippen molar-refractivity contribution in [3.63, 3.8) is 0 Å². The van der Waals surface area contributed by atoms with Crippen LogP contribution in [0.2, 0.25) is 5.02 Å². The van der Waals surface area contributed by atoms with Crippen LogP contribution in [0.3, 0.4) is 0 Å². The van der Waals surface area contributed by atoms with E-state index in [4.69, 9.17) is 26.3 Å². The quantitative estimate of drug-likeness (QED) is 0.418. The maximum atomic E-state index is 12.3. The molecule has 2 aromatic carbocycles. The number of hydrogen-bond donors (Lipinski definition) is 2. The number of nitrogens with zero attached hydrogens (tertiary/aromatic N) is 2. The molecule has 0 aliphatic heterocycles. The molecule has 28 heavy (non-hydrogen) atoms. The SMILES string of the molecule is CCOC(=O)/C(C#N)=N\Nc1cc(Cl)c(NC(=O)c2ccccc2)cc1OC. The minimum atomic E-state index is -0.852. The first-order valence-electron chi connectivity index (χ1n) is 8.15. The lowest BCUT2D eigenvalue weighted by Gasteiger charge is -2.13. The number of benzene rings is 2. The van der Waals surface area contributed by atoms with E-state index in [9.17, 15) is 9.59 Å². The number of anilines is 2. The first-order chi connectivity index (χ1) is 13.5. The second-order valence-electron chi connectivity index (χ2n) is 5.26. The normalized spacial score (nSPS) is 10.6. The standard InChI is InChI=1S/C19H17ClN4O4/c1-3-28-19(26)16(11-21)24-23-15-9-13(20)14(10-17(15)27-2)22-18(25)12-7-5-4-6-8-12/h4-10,23H,3H2,1-2H3,(H,22,25)/b24-16-. The Morgan fingerprint density at radius 3 is 2.54 bits per heavy atom. The Hall–Kier alpha value is -3.57. The molecular formula is C19H17ClN4O4. The Morgan fingerprint density at radius 2 is 1.93 bits per heavy atom. The van der Waals surface area contributed by atoms with Crippen molar-refractivity contribution in [3.8, 4) is 11.8 Å². The Bertz CT molecular complexity index is 939. The van der Waals surface area contributed by atoms with Crippen LogP contribution >= 0.6 is 11.6 Å². The summed E-state index contributed by atoms with van der Waals surface area (Å²) in [7, 11) is 1.41. The highest BCUT2D eigenvalue weighted by Crippen LogP contribution is 2.34. The molecule has 0 aromatic heterocycles. The topological polar surface area (TPSA) is 113 Å². The molecule has 2 N–H and O–H groups in total. The molecule has 1 amide bonds. The Morgan fingerprint density at radius 1 is 1.21 bits per heavy atom. The van der Waals surface area contributed by atoms with Gasteiger partial charge < -0.3 is 14.8 Å². The number of ether oxygens (including phenoxy) is 2. The van der Waals surface area contributed by atoms with E-state index in [1.54, 1.807) is 43.3 Å². The van der Waals surface area contributed by atoms with E-state index in [-0.39, 0.29) is 23.3 Å². The van der Waals surface area contributed by atoms with Crippen LogP contribution in [0.1, 0.15) is 17.3 Å². The van der Waals surface area contributed by atoms with Gasteiger partial charge in [-0.1, -0.05) is 29.8 Å². The van der Waals surface area contributed by atoms with Crippen LogP contribution in [0.25, 0.3) is 0 Å². The van der Waals surface area contributed by atoms with Crippen molar-refractivity contribution in [2.45, 2.75) is 6.92 Å². The van der Waals surface area contributed by atoms with Crippen molar-refractivity contribution < 1.29 is 19.1 Å². The highest BCUT2D eigenvalue weighted by molar-refractivity contribution is 6.43. The van der Waals surface area contributed by atoms with Crippen molar-refractivity contribution in [3.05, 3.63) is 53.1 Å². The maximum Gasteiger partial charge on any atom is 0.369 e. The molecule has 0 fully saturated rings. The van der Waals surface area contributed by atoms with Crippen molar-refractivity contribution in [2.75, 3.05) is 24.5 Å². The average molecular weight is 401 g/mol. The van der Waals surface area contributed by atoms with Crippen molar-refractivity contribution in [1.29, 1.82) is 5.26 Å². The molecule has 0 aliphatic rings. The van der Waals surface area contributed by atoms with Crippen molar-refractivity contribution >= 4 is 40.6 Å². The Labute approximate surface area is 166 Å². The molecule has 144 valence electrons. The summed E-state index contributed by atoms with van der Waals surface area (Å²) in [5.74, 6) is -0.899. The average Bonchev–Trinajstić information content (AvgIpc) is 2.71. The van der Waals surface area contributed by atoms with E-state index < -0.39 is 11.7 Å². The molecule has 0 atom stereocenters. The molecule has 8 nitrogen and oxygen atoms in total. The van der Waals surface area contributed by atoms with Gasteiger partial charge >= 0.3 is 5.97 Å². The summed E-state index contributed by atoms with van der Waals surface area (Å²) in [5, 5.41) is 15.6. The van der Waals surface area contributed by atoms with Crippen LogP contribution in [0.15, 0.2) is 47.6 Å². The maximum absolute atomic E-state index is 12.3. The fourth-order valence-corrected chi connectivity index (χ4v) is 2.33. The number of methoxy groups -OCH3 is 1. The third-order valence-corrected chi connectivity index (χ3v) is 3.75. The van der Waals surface area contributed by atoms with Gasteiger partial charge in [-0.2, -0.15) is 10.4 Å². The second-order valence-corrected chi connectivity index (χ2v) is 5.66. The number of esters is 1.